The highest BCUT2D eigenvalue weighted by Crippen LogP contribution is 2.35. The number of carbonyl (C=O) groups excluding carboxylic acids is 2. The fourth-order valence-electron chi connectivity index (χ4n) is 3.73. The number of methoxy groups -OCH3 is 1. The average molecular weight is 437 g/mol. The fraction of sp³-hybridized carbons (Fsp3) is 0.636. The second-order valence-electron chi connectivity index (χ2n) is 8.13. The number of hydrogen-bond donors (Lipinski definition) is 1. The second kappa shape index (κ2) is 10.1. The molecule has 2 aliphatic heterocycles. The van der Waals surface area contributed by atoms with Crippen molar-refractivity contribution in [2.45, 2.75) is 76.8 Å². The van der Waals surface area contributed by atoms with Gasteiger partial charge in [0.15, 0.2) is 18.2 Å². The summed E-state index contributed by atoms with van der Waals surface area (Å²) >= 11 is 0. The van der Waals surface area contributed by atoms with Crippen LogP contribution in [0.5, 0.6) is 0 Å². The number of ether oxygens (including phenoxy) is 6. The Morgan fingerprint density at radius 3 is 2.61 bits per heavy atom. The van der Waals surface area contributed by atoms with Crippen molar-refractivity contribution < 1.29 is 38.0 Å². The summed E-state index contributed by atoms with van der Waals surface area (Å²) in [6, 6.07) is 8.89. The molecule has 1 amide bonds. The van der Waals surface area contributed by atoms with Crippen molar-refractivity contribution in [1.29, 1.82) is 0 Å². The lowest BCUT2D eigenvalue weighted by Gasteiger charge is -2.51. The lowest BCUT2D eigenvalue weighted by atomic mass is 9.94. The fourth-order valence-corrected chi connectivity index (χ4v) is 3.73. The smallest absolute Gasteiger partial charge is 0.334 e. The molecule has 172 valence electrons. The molecule has 2 heterocycles. The van der Waals surface area contributed by atoms with Crippen LogP contribution in [0.25, 0.3) is 0 Å². The van der Waals surface area contributed by atoms with Gasteiger partial charge in [-0.2, -0.15) is 0 Å². The highest BCUT2D eigenvalue weighted by atomic mass is 16.8. The molecule has 2 saturated heterocycles. The molecular formula is C22H31NO8. The number of hydrogen-bond acceptors (Lipinski definition) is 8. The first-order chi connectivity index (χ1) is 14.7. The lowest BCUT2D eigenvalue weighted by Crippen LogP contribution is -2.69. The molecule has 3 rings (SSSR count). The number of carbonyl (C=O) groups is 2. The van der Waals surface area contributed by atoms with Gasteiger partial charge in [0.2, 0.25) is 5.91 Å². The zero-order valence-electron chi connectivity index (χ0n) is 18.5. The Hall–Kier alpha value is -2.04. The van der Waals surface area contributed by atoms with E-state index >= 15 is 0 Å². The van der Waals surface area contributed by atoms with E-state index in [1.54, 1.807) is 20.8 Å². The van der Waals surface area contributed by atoms with Crippen molar-refractivity contribution >= 4 is 11.9 Å². The highest BCUT2D eigenvalue weighted by molar-refractivity contribution is 5.74. The normalized spacial score (nSPS) is 30.7. The van der Waals surface area contributed by atoms with Crippen molar-refractivity contribution in [3.05, 3.63) is 35.9 Å². The van der Waals surface area contributed by atoms with Crippen LogP contribution < -0.4 is 5.32 Å². The van der Waals surface area contributed by atoms with Gasteiger partial charge < -0.3 is 33.7 Å². The SMILES string of the molecule is COC(=O)[C@H](C)O[C@@H]1[C@H](NC(C)=O)[C@H](OCc2ccccc2)O[C@@H]2COC(C)(C)O[C@H]12. The highest BCUT2D eigenvalue weighted by Gasteiger charge is 2.53. The number of nitrogens with one attached hydrogen (secondary N) is 1. The van der Waals surface area contributed by atoms with E-state index in [-0.39, 0.29) is 19.1 Å². The maximum absolute atomic E-state index is 12.0. The van der Waals surface area contributed by atoms with Gasteiger partial charge in [-0.25, -0.2) is 4.79 Å². The van der Waals surface area contributed by atoms with E-state index in [0.717, 1.165) is 5.56 Å². The maximum atomic E-state index is 12.0. The van der Waals surface area contributed by atoms with E-state index in [2.05, 4.69) is 5.32 Å². The van der Waals surface area contributed by atoms with Crippen molar-refractivity contribution in [1.82, 2.24) is 5.32 Å². The summed E-state index contributed by atoms with van der Waals surface area (Å²) < 4.78 is 34.9. The molecule has 2 fully saturated rings. The molecule has 0 radical (unpaired) electrons. The minimum atomic E-state index is -0.880. The third-order valence-corrected chi connectivity index (χ3v) is 5.18. The zero-order chi connectivity index (χ0) is 22.6. The van der Waals surface area contributed by atoms with Crippen LogP contribution in [0.1, 0.15) is 33.3 Å². The minimum Gasteiger partial charge on any atom is -0.467 e. The molecule has 6 atom stereocenters. The quantitative estimate of drug-likeness (QED) is 0.641. The number of benzene rings is 1. The molecule has 0 aliphatic carbocycles. The first kappa shape index (κ1) is 23.6. The molecule has 0 aromatic heterocycles. The molecule has 31 heavy (non-hydrogen) atoms. The van der Waals surface area contributed by atoms with E-state index in [4.69, 9.17) is 28.4 Å². The molecule has 2 aliphatic rings. The third-order valence-electron chi connectivity index (χ3n) is 5.18. The number of fused-ring (bicyclic) bond motifs is 1. The first-order valence-electron chi connectivity index (χ1n) is 10.3. The van der Waals surface area contributed by atoms with Crippen LogP contribution in [0, 0.1) is 0 Å². The predicted octanol–water partition coefficient (Wildman–Crippen LogP) is 1.53. The summed E-state index contributed by atoms with van der Waals surface area (Å²) in [6.45, 7) is 7.08. The van der Waals surface area contributed by atoms with E-state index in [1.807, 2.05) is 30.3 Å². The molecule has 1 N–H and O–H groups in total. The summed E-state index contributed by atoms with van der Waals surface area (Å²) in [5.74, 6) is -1.69. The van der Waals surface area contributed by atoms with Crippen LogP contribution in [0.3, 0.4) is 0 Å². The average Bonchev–Trinajstić information content (AvgIpc) is 2.73. The van der Waals surface area contributed by atoms with Gasteiger partial charge >= 0.3 is 5.97 Å². The standard InChI is InChI=1S/C22H31NO8/c1-13(20(25)26-5)29-19-17(23-14(2)24)21(27-11-15-9-7-6-8-10-15)30-16-12-28-22(3,4)31-18(16)19/h6-10,13,16-19,21H,11-12H2,1-5H3,(H,23,24)/t13-,16+,17-,18-,19+,21+/m0/s1. The van der Waals surface area contributed by atoms with Gasteiger partial charge in [-0.05, 0) is 26.3 Å². The number of amides is 1. The van der Waals surface area contributed by atoms with Crippen LogP contribution in [-0.4, -0.2) is 68.1 Å². The molecule has 1 aromatic rings. The van der Waals surface area contributed by atoms with Gasteiger partial charge in [0.25, 0.3) is 0 Å². The Balaban J connectivity index is 1.86. The number of esters is 1. The first-order valence-corrected chi connectivity index (χ1v) is 10.3. The lowest BCUT2D eigenvalue weighted by molar-refractivity contribution is -0.374. The summed E-state index contributed by atoms with van der Waals surface area (Å²) in [6.07, 6.45) is -3.55. The largest absolute Gasteiger partial charge is 0.467 e. The van der Waals surface area contributed by atoms with Crippen LogP contribution >= 0.6 is 0 Å². The van der Waals surface area contributed by atoms with Crippen molar-refractivity contribution in [3.8, 4) is 0 Å². The Labute approximate surface area is 182 Å². The maximum Gasteiger partial charge on any atom is 0.334 e. The molecular weight excluding hydrogens is 406 g/mol. The molecule has 9 nitrogen and oxygen atoms in total. The van der Waals surface area contributed by atoms with Gasteiger partial charge in [-0.1, -0.05) is 30.3 Å². The van der Waals surface area contributed by atoms with Crippen LogP contribution in [-0.2, 0) is 44.6 Å². The van der Waals surface area contributed by atoms with Gasteiger partial charge in [0.05, 0.1) is 20.3 Å². The summed E-state index contributed by atoms with van der Waals surface area (Å²) in [5.41, 5.74) is 0.951. The van der Waals surface area contributed by atoms with Crippen LogP contribution in [0.2, 0.25) is 0 Å². The second-order valence-corrected chi connectivity index (χ2v) is 8.13. The number of rotatable bonds is 7. The van der Waals surface area contributed by atoms with E-state index in [1.165, 1.54) is 14.0 Å². The Bertz CT molecular complexity index is 755. The van der Waals surface area contributed by atoms with Gasteiger partial charge in [0, 0.05) is 6.92 Å². The van der Waals surface area contributed by atoms with Crippen molar-refractivity contribution in [2.24, 2.45) is 0 Å². The summed E-state index contributed by atoms with van der Waals surface area (Å²) in [5, 5.41) is 2.85. The van der Waals surface area contributed by atoms with Crippen LogP contribution in [0.4, 0.5) is 0 Å². The molecule has 0 spiro atoms. The van der Waals surface area contributed by atoms with Gasteiger partial charge in [0.1, 0.15) is 24.4 Å². The summed E-state index contributed by atoms with van der Waals surface area (Å²) in [4.78, 5) is 24.0. The molecule has 1 aromatic carbocycles. The Kier molecular flexibility index (Phi) is 7.66. The molecule has 0 bridgehead atoms. The Morgan fingerprint density at radius 1 is 1.26 bits per heavy atom. The summed E-state index contributed by atoms with van der Waals surface area (Å²) in [7, 11) is 1.29. The third kappa shape index (κ3) is 6.02. The molecule has 0 saturated carbocycles. The molecule has 9 heteroatoms. The zero-order valence-corrected chi connectivity index (χ0v) is 18.5. The predicted molar refractivity (Wildman–Crippen MR) is 109 cm³/mol. The monoisotopic (exact) mass is 437 g/mol. The van der Waals surface area contributed by atoms with E-state index in [0.29, 0.717) is 0 Å². The molecule has 0 unspecified atom stereocenters. The topological polar surface area (TPSA) is 102 Å². The van der Waals surface area contributed by atoms with E-state index in [9.17, 15) is 9.59 Å². The van der Waals surface area contributed by atoms with E-state index < -0.39 is 48.5 Å². The van der Waals surface area contributed by atoms with Gasteiger partial charge in [-0.15, -0.1) is 0 Å². The van der Waals surface area contributed by atoms with Crippen LogP contribution in [0.15, 0.2) is 30.3 Å². The Morgan fingerprint density at radius 2 is 1.97 bits per heavy atom. The van der Waals surface area contributed by atoms with Crippen molar-refractivity contribution in [3.63, 3.8) is 0 Å². The minimum absolute atomic E-state index is 0.252. The van der Waals surface area contributed by atoms with Crippen molar-refractivity contribution in [2.75, 3.05) is 13.7 Å². The van der Waals surface area contributed by atoms with Gasteiger partial charge in [-0.3, -0.25) is 4.79 Å².